The van der Waals surface area contributed by atoms with Crippen molar-refractivity contribution in [2.75, 3.05) is 13.1 Å². The summed E-state index contributed by atoms with van der Waals surface area (Å²) in [4.78, 5) is 13.3. The number of carbonyl (C=O) groups is 1. The van der Waals surface area contributed by atoms with E-state index >= 15 is 0 Å². The summed E-state index contributed by atoms with van der Waals surface area (Å²) in [5, 5.41) is 7.23. The van der Waals surface area contributed by atoms with E-state index < -0.39 is 0 Å². The van der Waals surface area contributed by atoms with Crippen LogP contribution >= 0.6 is 11.8 Å². The molecule has 1 fully saturated rings. The molecule has 3 aromatic rings. The van der Waals surface area contributed by atoms with Crippen molar-refractivity contribution in [2.45, 2.75) is 29.5 Å². The minimum atomic E-state index is -0.256. The van der Waals surface area contributed by atoms with Gasteiger partial charge in [0, 0.05) is 34.2 Å². The van der Waals surface area contributed by atoms with Crippen LogP contribution in [0.4, 0.5) is 4.39 Å². The van der Waals surface area contributed by atoms with E-state index in [1.807, 2.05) is 24.3 Å². The maximum atomic E-state index is 14.0. The molecule has 1 amide bonds. The second-order valence-electron chi connectivity index (χ2n) is 6.63. The Labute approximate surface area is 161 Å². The number of rotatable bonds is 6. The number of amides is 1. The van der Waals surface area contributed by atoms with E-state index in [-0.39, 0.29) is 11.7 Å². The predicted molar refractivity (Wildman–Crippen MR) is 106 cm³/mol. The molecule has 2 aromatic carbocycles. The highest BCUT2D eigenvalue weighted by Crippen LogP contribution is 2.33. The van der Waals surface area contributed by atoms with E-state index in [4.69, 9.17) is 4.42 Å². The van der Waals surface area contributed by atoms with Crippen LogP contribution in [0.15, 0.2) is 57.8 Å². The Morgan fingerprint density at radius 2 is 2.04 bits per heavy atom. The number of fused-ring (bicyclic) bond motifs is 1. The number of halogens is 1. The van der Waals surface area contributed by atoms with Crippen LogP contribution in [0.3, 0.4) is 0 Å². The first-order valence-electron chi connectivity index (χ1n) is 9.11. The summed E-state index contributed by atoms with van der Waals surface area (Å²) >= 11 is 1.37. The fourth-order valence-electron chi connectivity index (χ4n) is 3.36. The highest BCUT2D eigenvalue weighted by Gasteiger charge is 2.22. The lowest BCUT2D eigenvalue weighted by Gasteiger charge is -2.11. The number of hydrogen-bond acceptors (Lipinski definition) is 4. The van der Waals surface area contributed by atoms with E-state index in [0.29, 0.717) is 34.6 Å². The molecule has 1 aliphatic rings. The molecule has 0 saturated carbocycles. The molecule has 140 valence electrons. The van der Waals surface area contributed by atoms with E-state index in [1.54, 1.807) is 18.2 Å². The van der Waals surface area contributed by atoms with Crippen LogP contribution in [-0.2, 0) is 5.75 Å². The van der Waals surface area contributed by atoms with Crippen LogP contribution in [0.5, 0.6) is 0 Å². The lowest BCUT2D eigenvalue weighted by Crippen LogP contribution is -2.37. The van der Waals surface area contributed by atoms with Crippen LogP contribution in [0, 0.1) is 5.82 Å². The highest BCUT2D eigenvalue weighted by molar-refractivity contribution is 7.98. The van der Waals surface area contributed by atoms with Crippen molar-refractivity contribution in [3.8, 4) is 0 Å². The lowest BCUT2D eigenvalue weighted by molar-refractivity contribution is 0.0924. The Morgan fingerprint density at radius 1 is 1.22 bits per heavy atom. The third-order valence-electron chi connectivity index (χ3n) is 4.78. The third-order valence-corrected chi connectivity index (χ3v) is 5.86. The molecule has 1 saturated heterocycles. The van der Waals surface area contributed by atoms with Crippen molar-refractivity contribution in [1.29, 1.82) is 0 Å². The second-order valence-corrected chi connectivity index (χ2v) is 7.65. The van der Waals surface area contributed by atoms with E-state index in [1.165, 1.54) is 17.8 Å². The van der Waals surface area contributed by atoms with Crippen LogP contribution in [0.25, 0.3) is 11.0 Å². The molecule has 4 rings (SSSR count). The monoisotopic (exact) mass is 384 g/mol. The number of thioether (sulfide) groups is 1. The second kappa shape index (κ2) is 8.15. The topological polar surface area (TPSA) is 54.3 Å². The number of carbonyl (C=O) groups excluding carboxylic acids is 1. The van der Waals surface area contributed by atoms with Crippen molar-refractivity contribution in [3.63, 3.8) is 0 Å². The Morgan fingerprint density at radius 3 is 2.85 bits per heavy atom. The van der Waals surface area contributed by atoms with Gasteiger partial charge in [0.2, 0.25) is 0 Å². The number of hydrogen-bond donors (Lipinski definition) is 2. The zero-order valence-corrected chi connectivity index (χ0v) is 15.7. The SMILES string of the molecule is O=C(NCC1CCCN1)c1oc2ccccc2c1CSc1ccccc1F. The fourth-order valence-corrected chi connectivity index (χ4v) is 4.33. The van der Waals surface area contributed by atoms with Crippen molar-refractivity contribution in [3.05, 3.63) is 65.7 Å². The number of para-hydroxylation sites is 1. The van der Waals surface area contributed by atoms with Crippen molar-refractivity contribution in [1.82, 2.24) is 10.6 Å². The van der Waals surface area contributed by atoms with Gasteiger partial charge in [0.1, 0.15) is 11.4 Å². The first-order valence-corrected chi connectivity index (χ1v) is 10.1. The molecule has 0 radical (unpaired) electrons. The van der Waals surface area contributed by atoms with E-state index in [0.717, 1.165) is 30.3 Å². The molecule has 0 bridgehead atoms. The number of benzene rings is 2. The van der Waals surface area contributed by atoms with Gasteiger partial charge in [-0.25, -0.2) is 4.39 Å². The molecular weight excluding hydrogens is 363 g/mol. The number of nitrogens with one attached hydrogen (secondary N) is 2. The standard InChI is InChI=1S/C21H21FN2O2S/c22-17-8-2-4-10-19(17)27-13-16-15-7-1-3-9-18(15)26-20(16)21(25)24-12-14-6-5-11-23-14/h1-4,7-10,14,23H,5-6,11-13H2,(H,24,25). The molecule has 2 heterocycles. The Kier molecular flexibility index (Phi) is 5.45. The maximum Gasteiger partial charge on any atom is 0.287 e. The van der Waals surface area contributed by atoms with Gasteiger partial charge in [0.15, 0.2) is 5.76 Å². The Balaban J connectivity index is 1.56. The van der Waals surface area contributed by atoms with Gasteiger partial charge in [0.05, 0.1) is 0 Å². The normalized spacial score (nSPS) is 16.7. The van der Waals surface area contributed by atoms with Gasteiger partial charge < -0.3 is 15.1 Å². The average molecular weight is 384 g/mol. The van der Waals surface area contributed by atoms with Gasteiger partial charge in [-0.2, -0.15) is 0 Å². The Bertz CT molecular complexity index is 950. The van der Waals surface area contributed by atoms with Crippen LogP contribution in [0.1, 0.15) is 29.0 Å². The number of furan rings is 1. The van der Waals surface area contributed by atoms with Crippen molar-refractivity contribution < 1.29 is 13.6 Å². The summed E-state index contributed by atoms with van der Waals surface area (Å²) in [6, 6.07) is 14.6. The summed E-state index contributed by atoms with van der Waals surface area (Å²) < 4.78 is 19.8. The highest BCUT2D eigenvalue weighted by atomic mass is 32.2. The third kappa shape index (κ3) is 4.01. The first kappa shape index (κ1) is 18.1. The molecule has 1 unspecified atom stereocenters. The van der Waals surface area contributed by atoms with Gasteiger partial charge in [-0.3, -0.25) is 4.79 Å². The quantitative estimate of drug-likeness (QED) is 0.621. The summed E-state index contributed by atoms with van der Waals surface area (Å²) in [6.07, 6.45) is 2.20. The largest absolute Gasteiger partial charge is 0.451 e. The molecule has 0 aliphatic carbocycles. The van der Waals surface area contributed by atoms with Gasteiger partial charge in [-0.1, -0.05) is 30.3 Å². The lowest BCUT2D eigenvalue weighted by atomic mass is 10.1. The minimum Gasteiger partial charge on any atom is -0.451 e. The summed E-state index contributed by atoms with van der Waals surface area (Å²) in [5.41, 5.74) is 1.47. The first-order chi connectivity index (χ1) is 13.2. The van der Waals surface area contributed by atoms with Crippen LogP contribution in [-0.4, -0.2) is 25.0 Å². The molecule has 2 N–H and O–H groups in total. The average Bonchev–Trinajstić information content (AvgIpc) is 3.33. The molecule has 0 spiro atoms. The molecule has 6 heteroatoms. The zero-order chi connectivity index (χ0) is 18.6. The van der Waals surface area contributed by atoms with E-state index in [9.17, 15) is 9.18 Å². The molecule has 1 aliphatic heterocycles. The molecule has 1 atom stereocenters. The maximum absolute atomic E-state index is 14.0. The van der Waals surface area contributed by atoms with Crippen LogP contribution < -0.4 is 10.6 Å². The van der Waals surface area contributed by atoms with Gasteiger partial charge >= 0.3 is 0 Å². The summed E-state index contributed by atoms with van der Waals surface area (Å²) in [6.45, 7) is 1.57. The molecular formula is C21H21FN2O2S. The van der Waals surface area contributed by atoms with Gasteiger partial charge in [0.25, 0.3) is 5.91 Å². The van der Waals surface area contributed by atoms with Crippen molar-refractivity contribution >= 4 is 28.6 Å². The molecule has 27 heavy (non-hydrogen) atoms. The summed E-state index contributed by atoms with van der Waals surface area (Å²) in [7, 11) is 0. The predicted octanol–water partition coefficient (Wildman–Crippen LogP) is 4.35. The Hall–Kier alpha value is -2.31. The van der Waals surface area contributed by atoms with Gasteiger partial charge in [-0.15, -0.1) is 11.8 Å². The van der Waals surface area contributed by atoms with E-state index in [2.05, 4.69) is 10.6 Å². The minimum absolute atomic E-state index is 0.218. The van der Waals surface area contributed by atoms with Crippen molar-refractivity contribution in [2.24, 2.45) is 0 Å². The molecule has 1 aromatic heterocycles. The van der Waals surface area contributed by atoms with Gasteiger partial charge in [-0.05, 0) is 37.6 Å². The summed E-state index contributed by atoms with van der Waals surface area (Å²) in [5.74, 6) is 0.304. The van der Waals surface area contributed by atoms with Crippen LogP contribution in [0.2, 0.25) is 0 Å². The fraction of sp³-hybridized carbons (Fsp3) is 0.286. The smallest absolute Gasteiger partial charge is 0.287 e. The molecule has 4 nitrogen and oxygen atoms in total. The zero-order valence-electron chi connectivity index (χ0n) is 14.8.